The van der Waals surface area contributed by atoms with Crippen molar-refractivity contribution in [2.24, 2.45) is 5.92 Å². The number of esters is 1. The third-order valence-corrected chi connectivity index (χ3v) is 2.00. The third-order valence-electron chi connectivity index (χ3n) is 2.00. The molecule has 0 saturated carbocycles. The summed E-state index contributed by atoms with van der Waals surface area (Å²) in [6.45, 7) is 2.16. The maximum atomic E-state index is 11.5. The highest BCUT2D eigenvalue weighted by Crippen LogP contribution is 2.18. The van der Waals surface area contributed by atoms with Crippen LogP contribution in [0.2, 0.25) is 0 Å². The van der Waals surface area contributed by atoms with Crippen LogP contribution in [-0.2, 0) is 9.53 Å². The molecule has 0 aromatic rings. The zero-order valence-corrected chi connectivity index (χ0v) is 8.88. The standard InChI is InChI=1S/C11H14O5/c1-2-5-16-11(15)7-3-4-8(12)10(14)9(13)6-7/h3-4,6-7,12-14H,2,5H2,1H3. The van der Waals surface area contributed by atoms with Crippen LogP contribution >= 0.6 is 0 Å². The Kier molecular flexibility index (Phi) is 3.99. The van der Waals surface area contributed by atoms with Crippen LogP contribution in [0.15, 0.2) is 35.5 Å². The maximum Gasteiger partial charge on any atom is 0.316 e. The van der Waals surface area contributed by atoms with E-state index < -0.39 is 29.2 Å². The molecule has 0 radical (unpaired) electrons. The molecule has 0 fully saturated rings. The van der Waals surface area contributed by atoms with Crippen molar-refractivity contribution >= 4 is 5.97 Å². The Hall–Kier alpha value is -1.91. The molecule has 0 aromatic carbocycles. The Morgan fingerprint density at radius 1 is 1.44 bits per heavy atom. The molecule has 1 unspecified atom stereocenters. The summed E-state index contributed by atoms with van der Waals surface area (Å²) in [7, 11) is 0. The fraction of sp³-hybridized carbons (Fsp3) is 0.364. The number of aliphatic hydroxyl groups excluding tert-OH is 3. The highest BCUT2D eigenvalue weighted by atomic mass is 16.5. The number of rotatable bonds is 3. The van der Waals surface area contributed by atoms with Crippen molar-refractivity contribution in [2.75, 3.05) is 6.61 Å². The van der Waals surface area contributed by atoms with E-state index in [1.54, 1.807) is 0 Å². The van der Waals surface area contributed by atoms with E-state index in [4.69, 9.17) is 4.74 Å². The molecule has 88 valence electrons. The van der Waals surface area contributed by atoms with Gasteiger partial charge >= 0.3 is 5.97 Å². The molecule has 0 amide bonds. The topological polar surface area (TPSA) is 87.0 Å². The lowest BCUT2D eigenvalue weighted by molar-refractivity contribution is -0.145. The normalized spacial score (nSPS) is 20.3. The van der Waals surface area contributed by atoms with Crippen molar-refractivity contribution in [3.8, 4) is 0 Å². The quantitative estimate of drug-likeness (QED) is 0.640. The van der Waals surface area contributed by atoms with Gasteiger partial charge in [-0.3, -0.25) is 4.79 Å². The van der Waals surface area contributed by atoms with Crippen LogP contribution < -0.4 is 0 Å². The molecule has 3 N–H and O–H groups in total. The van der Waals surface area contributed by atoms with E-state index in [2.05, 4.69) is 0 Å². The molecule has 0 saturated heterocycles. The number of aliphatic hydroxyl groups is 3. The van der Waals surface area contributed by atoms with E-state index in [1.165, 1.54) is 6.08 Å². The summed E-state index contributed by atoms with van der Waals surface area (Å²) in [5, 5.41) is 27.7. The summed E-state index contributed by atoms with van der Waals surface area (Å²) >= 11 is 0. The number of carbonyl (C=O) groups excluding carboxylic acids is 1. The first-order chi connectivity index (χ1) is 7.56. The predicted molar refractivity (Wildman–Crippen MR) is 56.9 cm³/mol. The maximum absolute atomic E-state index is 11.5. The zero-order valence-electron chi connectivity index (χ0n) is 8.88. The molecule has 1 aliphatic carbocycles. The van der Waals surface area contributed by atoms with E-state index in [1.807, 2.05) is 6.92 Å². The fourth-order valence-corrected chi connectivity index (χ4v) is 1.16. The number of allylic oxidation sites excluding steroid dienone is 1. The van der Waals surface area contributed by atoms with E-state index in [-0.39, 0.29) is 0 Å². The summed E-state index contributed by atoms with van der Waals surface area (Å²) < 4.78 is 4.88. The van der Waals surface area contributed by atoms with Crippen molar-refractivity contribution in [3.05, 3.63) is 35.5 Å². The summed E-state index contributed by atoms with van der Waals surface area (Å²) in [5.41, 5.74) is 0. The molecular weight excluding hydrogens is 212 g/mol. The van der Waals surface area contributed by atoms with Gasteiger partial charge in [-0.05, 0) is 18.6 Å². The van der Waals surface area contributed by atoms with E-state index in [0.717, 1.165) is 12.2 Å². The van der Waals surface area contributed by atoms with Gasteiger partial charge in [0.2, 0.25) is 0 Å². The van der Waals surface area contributed by atoms with Gasteiger partial charge in [0.15, 0.2) is 17.3 Å². The lowest BCUT2D eigenvalue weighted by atomic mass is 10.1. The van der Waals surface area contributed by atoms with Gasteiger partial charge in [0.25, 0.3) is 0 Å². The molecule has 0 spiro atoms. The molecule has 5 heteroatoms. The summed E-state index contributed by atoms with van der Waals surface area (Å²) in [6.07, 6.45) is 4.30. The molecule has 1 aliphatic rings. The number of hydrogen-bond donors (Lipinski definition) is 3. The Bertz CT molecular complexity index is 365. The van der Waals surface area contributed by atoms with Gasteiger partial charge in [-0.2, -0.15) is 0 Å². The summed E-state index contributed by atoms with van der Waals surface area (Å²) in [5.74, 6) is -3.02. The second-order valence-corrected chi connectivity index (χ2v) is 3.34. The van der Waals surface area contributed by atoms with Gasteiger partial charge in [-0.1, -0.05) is 13.0 Å². The molecule has 16 heavy (non-hydrogen) atoms. The minimum atomic E-state index is -0.807. The largest absolute Gasteiger partial charge is 0.504 e. The molecule has 1 rings (SSSR count). The molecule has 0 heterocycles. The fourth-order valence-electron chi connectivity index (χ4n) is 1.16. The van der Waals surface area contributed by atoms with Crippen LogP contribution in [0.5, 0.6) is 0 Å². The highest BCUT2D eigenvalue weighted by molar-refractivity contribution is 5.77. The first kappa shape index (κ1) is 12.2. The van der Waals surface area contributed by atoms with Gasteiger partial charge in [0.05, 0.1) is 12.5 Å². The van der Waals surface area contributed by atoms with Crippen LogP contribution in [0.1, 0.15) is 13.3 Å². The minimum absolute atomic E-state index is 0.295. The highest BCUT2D eigenvalue weighted by Gasteiger charge is 2.20. The molecule has 1 atom stereocenters. The second-order valence-electron chi connectivity index (χ2n) is 3.34. The summed E-state index contributed by atoms with van der Waals surface area (Å²) in [4.78, 5) is 11.5. The average molecular weight is 226 g/mol. The van der Waals surface area contributed by atoms with Gasteiger partial charge in [-0.15, -0.1) is 0 Å². The Labute approximate surface area is 93.0 Å². The van der Waals surface area contributed by atoms with Gasteiger partial charge in [-0.25, -0.2) is 0 Å². The van der Waals surface area contributed by atoms with Gasteiger partial charge in [0.1, 0.15) is 0 Å². The summed E-state index contributed by atoms with van der Waals surface area (Å²) in [6, 6.07) is 0. The first-order valence-corrected chi connectivity index (χ1v) is 4.94. The molecular formula is C11H14O5. The molecule has 0 aliphatic heterocycles. The number of hydrogen-bond acceptors (Lipinski definition) is 5. The Morgan fingerprint density at radius 3 is 2.75 bits per heavy atom. The van der Waals surface area contributed by atoms with Gasteiger partial charge in [0, 0.05) is 0 Å². The lowest BCUT2D eigenvalue weighted by Gasteiger charge is -2.07. The third kappa shape index (κ3) is 2.79. The Morgan fingerprint density at radius 2 is 2.12 bits per heavy atom. The predicted octanol–water partition coefficient (Wildman–Crippen LogP) is 1.90. The van der Waals surface area contributed by atoms with Crippen LogP contribution in [-0.4, -0.2) is 27.9 Å². The monoisotopic (exact) mass is 226 g/mol. The second kappa shape index (κ2) is 5.25. The van der Waals surface area contributed by atoms with Crippen molar-refractivity contribution in [1.82, 2.24) is 0 Å². The Balaban J connectivity index is 2.80. The van der Waals surface area contributed by atoms with Crippen LogP contribution in [0.3, 0.4) is 0 Å². The first-order valence-electron chi connectivity index (χ1n) is 4.94. The van der Waals surface area contributed by atoms with Crippen LogP contribution in [0.4, 0.5) is 0 Å². The zero-order chi connectivity index (χ0) is 12.1. The van der Waals surface area contributed by atoms with E-state index in [9.17, 15) is 20.1 Å². The van der Waals surface area contributed by atoms with Crippen molar-refractivity contribution in [3.63, 3.8) is 0 Å². The lowest BCUT2D eigenvalue weighted by Crippen LogP contribution is -2.14. The van der Waals surface area contributed by atoms with Gasteiger partial charge < -0.3 is 20.1 Å². The molecule has 0 bridgehead atoms. The van der Waals surface area contributed by atoms with Crippen molar-refractivity contribution < 1.29 is 24.9 Å². The SMILES string of the molecule is CCCOC(=O)C1C=CC(O)=C(O)C(O)=C1. The van der Waals surface area contributed by atoms with Crippen molar-refractivity contribution in [2.45, 2.75) is 13.3 Å². The number of ether oxygens (including phenoxy) is 1. The number of carbonyl (C=O) groups is 1. The smallest absolute Gasteiger partial charge is 0.316 e. The van der Waals surface area contributed by atoms with Crippen LogP contribution in [0, 0.1) is 5.92 Å². The molecule has 5 nitrogen and oxygen atoms in total. The molecule has 0 aromatic heterocycles. The van der Waals surface area contributed by atoms with E-state index in [0.29, 0.717) is 13.0 Å². The van der Waals surface area contributed by atoms with Crippen molar-refractivity contribution in [1.29, 1.82) is 0 Å². The minimum Gasteiger partial charge on any atom is -0.504 e. The van der Waals surface area contributed by atoms with Crippen LogP contribution in [0.25, 0.3) is 0 Å². The van der Waals surface area contributed by atoms with E-state index >= 15 is 0 Å². The average Bonchev–Trinajstić information content (AvgIpc) is 2.40.